The third kappa shape index (κ3) is 13.0. The van der Waals surface area contributed by atoms with Gasteiger partial charge in [0.15, 0.2) is 0 Å². The van der Waals surface area contributed by atoms with Crippen LogP contribution in [0, 0.1) is 17.2 Å². The number of unbranched alkanes of at least 4 members (excludes halogenated alkanes) is 2. The van der Waals surface area contributed by atoms with Gasteiger partial charge >= 0.3 is 18.1 Å². The molecule has 8 nitrogen and oxygen atoms in total. The monoisotopic (exact) mass is 694 g/mol. The first-order valence-electron chi connectivity index (χ1n) is 18.0. The molecular formula is C41H55FO8. The Morgan fingerprint density at radius 1 is 0.840 bits per heavy atom. The normalized spacial score (nSPS) is 14.2. The van der Waals surface area contributed by atoms with Crippen molar-refractivity contribution < 1.29 is 42.5 Å². The molecule has 1 atom stereocenters. The minimum atomic E-state index is -0.958. The van der Waals surface area contributed by atoms with Gasteiger partial charge in [0.1, 0.15) is 43.4 Å². The second-order valence-corrected chi connectivity index (χ2v) is 13.7. The van der Waals surface area contributed by atoms with Gasteiger partial charge in [-0.3, -0.25) is 0 Å². The molecule has 0 bridgehead atoms. The van der Waals surface area contributed by atoms with E-state index < -0.39 is 23.5 Å². The van der Waals surface area contributed by atoms with Crippen molar-refractivity contribution in [3.63, 3.8) is 0 Å². The zero-order chi connectivity index (χ0) is 36.5. The third-order valence-corrected chi connectivity index (χ3v) is 8.95. The maximum Gasteiger partial charge on any atom is 0.508 e. The van der Waals surface area contributed by atoms with Crippen molar-refractivity contribution in [2.75, 3.05) is 33.0 Å². The molecule has 0 spiro atoms. The van der Waals surface area contributed by atoms with Crippen molar-refractivity contribution in [3.05, 3.63) is 77.6 Å². The van der Waals surface area contributed by atoms with E-state index in [1.54, 1.807) is 32.0 Å². The number of benzene rings is 2. The van der Waals surface area contributed by atoms with Crippen molar-refractivity contribution in [2.45, 2.75) is 98.3 Å². The van der Waals surface area contributed by atoms with Crippen LogP contribution in [-0.4, -0.2) is 51.1 Å². The fourth-order valence-electron chi connectivity index (χ4n) is 5.99. The molecule has 1 aliphatic heterocycles. The van der Waals surface area contributed by atoms with Gasteiger partial charge in [0, 0.05) is 16.7 Å². The Labute approximate surface area is 297 Å². The van der Waals surface area contributed by atoms with E-state index in [2.05, 4.69) is 27.0 Å². The molecule has 2 aromatic carbocycles. The van der Waals surface area contributed by atoms with Gasteiger partial charge in [-0.1, -0.05) is 90.2 Å². The topological polar surface area (TPSA) is 97.4 Å². The Morgan fingerprint density at radius 2 is 1.54 bits per heavy atom. The molecule has 2 aromatic rings. The number of ether oxygens (including phenoxy) is 5. The van der Waals surface area contributed by atoms with Gasteiger partial charge in [0.25, 0.3) is 0 Å². The van der Waals surface area contributed by atoms with Crippen molar-refractivity contribution in [1.29, 1.82) is 0 Å². The van der Waals surface area contributed by atoms with Crippen LogP contribution in [0.4, 0.5) is 9.18 Å². The summed E-state index contributed by atoms with van der Waals surface area (Å²) in [4.78, 5) is 35.7. The first kappa shape index (κ1) is 40.3. The summed E-state index contributed by atoms with van der Waals surface area (Å²) in [5.41, 5.74) is 2.52. The number of esters is 2. The molecule has 0 radical (unpaired) electrons. The molecule has 0 amide bonds. The zero-order valence-corrected chi connectivity index (χ0v) is 30.4. The SMILES string of the molecule is C=C(C)C(=O)OCCCc1cc(-c2ccc(CCCC(CCC)CCCCC)cc2F)ccc1OCC1(COC(=O)C(=C)C)COC(=O)OC1. The second kappa shape index (κ2) is 20.5. The molecule has 1 saturated heterocycles. The lowest BCUT2D eigenvalue weighted by Gasteiger charge is -2.35. The Morgan fingerprint density at radius 3 is 2.20 bits per heavy atom. The van der Waals surface area contributed by atoms with Crippen LogP contribution in [0.1, 0.15) is 96.6 Å². The highest BCUT2D eigenvalue weighted by Crippen LogP contribution is 2.33. The smallest absolute Gasteiger partial charge is 0.492 e. The average Bonchev–Trinajstić information content (AvgIpc) is 3.09. The number of halogens is 1. The Balaban J connectivity index is 1.77. The summed E-state index contributed by atoms with van der Waals surface area (Å²) >= 11 is 0. The van der Waals surface area contributed by atoms with Gasteiger partial charge in [0.2, 0.25) is 0 Å². The molecule has 1 unspecified atom stereocenters. The Hall–Kier alpha value is -4.14. The van der Waals surface area contributed by atoms with Crippen molar-refractivity contribution in [3.8, 4) is 16.9 Å². The van der Waals surface area contributed by atoms with E-state index in [4.69, 9.17) is 23.7 Å². The molecule has 0 N–H and O–H groups in total. The van der Waals surface area contributed by atoms with Crippen LogP contribution in [-0.2, 0) is 41.4 Å². The number of aryl methyl sites for hydroxylation is 2. The number of hydrogen-bond donors (Lipinski definition) is 0. The van der Waals surface area contributed by atoms with Crippen LogP contribution in [0.2, 0.25) is 0 Å². The molecule has 1 heterocycles. The fraction of sp³-hybridized carbons (Fsp3) is 0.537. The highest BCUT2D eigenvalue weighted by atomic mass is 19.1. The number of carbonyl (C=O) groups is 3. The molecule has 0 aromatic heterocycles. The Kier molecular flexibility index (Phi) is 16.5. The average molecular weight is 695 g/mol. The van der Waals surface area contributed by atoms with E-state index in [-0.39, 0.29) is 44.4 Å². The van der Waals surface area contributed by atoms with E-state index >= 15 is 4.39 Å². The summed E-state index contributed by atoms with van der Waals surface area (Å²) in [5.74, 6) is -0.0780. The van der Waals surface area contributed by atoms with E-state index in [1.807, 2.05) is 18.2 Å². The van der Waals surface area contributed by atoms with Gasteiger partial charge in [-0.15, -0.1) is 0 Å². The van der Waals surface area contributed by atoms with E-state index in [0.717, 1.165) is 29.9 Å². The predicted octanol–water partition coefficient (Wildman–Crippen LogP) is 9.52. The lowest BCUT2D eigenvalue weighted by molar-refractivity contribution is -0.151. The summed E-state index contributed by atoms with van der Waals surface area (Å²) in [5, 5.41) is 0. The molecule has 50 heavy (non-hydrogen) atoms. The minimum Gasteiger partial charge on any atom is -0.492 e. The van der Waals surface area contributed by atoms with Gasteiger partial charge < -0.3 is 23.7 Å². The highest BCUT2D eigenvalue weighted by molar-refractivity contribution is 5.87. The Bertz CT molecular complexity index is 1450. The molecule has 0 saturated carbocycles. The summed E-state index contributed by atoms with van der Waals surface area (Å²) in [7, 11) is 0. The van der Waals surface area contributed by atoms with Gasteiger partial charge in [0.05, 0.1) is 6.61 Å². The van der Waals surface area contributed by atoms with Gasteiger partial charge in [-0.05, 0) is 80.3 Å². The predicted molar refractivity (Wildman–Crippen MR) is 192 cm³/mol. The van der Waals surface area contributed by atoms with E-state index in [0.29, 0.717) is 35.3 Å². The van der Waals surface area contributed by atoms with Crippen molar-refractivity contribution in [2.24, 2.45) is 11.3 Å². The lowest BCUT2D eigenvalue weighted by atomic mass is 9.90. The molecule has 9 heteroatoms. The maximum atomic E-state index is 15.6. The third-order valence-electron chi connectivity index (χ3n) is 8.95. The molecule has 3 rings (SSSR count). The maximum absolute atomic E-state index is 15.6. The summed E-state index contributed by atoms with van der Waals surface area (Å²) in [6, 6.07) is 10.9. The largest absolute Gasteiger partial charge is 0.508 e. The molecule has 1 aliphatic rings. The van der Waals surface area contributed by atoms with Crippen LogP contribution in [0.5, 0.6) is 5.75 Å². The van der Waals surface area contributed by atoms with Crippen LogP contribution in [0.15, 0.2) is 60.7 Å². The molecule has 0 aliphatic carbocycles. The number of carbonyl (C=O) groups excluding carboxylic acids is 3. The number of hydrogen-bond acceptors (Lipinski definition) is 8. The van der Waals surface area contributed by atoms with Crippen molar-refractivity contribution >= 4 is 18.1 Å². The molecular weight excluding hydrogens is 639 g/mol. The minimum absolute atomic E-state index is 0.00151. The van der Waals surface area contributed by atoms with Crippen LogP contribution < -0.4 is 4.74 Å². The summed E-state index contributed by atoms with van der Waals surface area (Å²) in [6.07, 6.45) is 10.7. The number of cyclic esters (lactones) is 2. The summed E-state index contributed by atoms with van der Waals surface area (Å²) < 4.78 is 42.9. The van der Waals surface area contributed by atoms with Gasteiger partial charge in [-0.2, -0.15) is 0 Å². The lowest BCUT2D eigenvalue weighted by Crippen LogP contribution is -2.47. The zero-order valence-electron chi connectivity index (χ0n) is 30.4. The standard InChI is InChI=1S/C41H55FO8/c1-7-9-10-14-31(13-8-2)15-11-16-32-18-20-35(36(42)23-32)33-19-21-37(34(24-33)17-12-22-46-38(43)29(3)4)47-25-41(26-48-39(44)30(5)6)27-49-40(45)50-28-41/h18-21,23-24,31H,3,5,7-17,22,25-28H2,1-2,4,6H3. The van der Waals surface area contributed by atoms with Crippen LogP contribution in [0.3, 0.4) is 0 Å². The fourth-order valence-corrected chi connectivity index (χ4v) is 5.99. The van der Waals surface area contributed by atoms with Crippen molar-refractivity contribution in [1.82, 2.24) is 0 Å². The quantitative estimate of drug-likeness (QED) is 0.0521. The van der Waals surface area contributed by atoms with Crippen LogP contribution in [0.25, 0.3) is 11.1 Å². The van der Waals surface area contributed by atoms with E-state index in [9.17, 15) is 14.4 Å². The first-order valence-corrected chi connectivity index (χ1v) is 18.0. The van der Waals surface area contributed by atoms with Gasteiger partial charge in [-0.25, -0.2) is 18.8 Å². The van der Waals surface area contributed by atoms with Crippen LogP contribution >= 0.6 is 0 Å². The summed E-state index contributed by atoms with van der Waals surface area (Å²) in [6.45, 7) is 14.7. The molecule has 274 valence electrons. The first-order chi connectivity index (χ1) is 24.0. The number of rotatable bonds is 22. The molecule has 1 fully saturated rings. The second-order valence-electron chi connectivity index (χ2n) is 13.7. The highest BCUT2D eigenvalue weighted by Gasteiger charge is 2.41. The van der Waals surface area contributed by atoms with E-state index in [1.165, 1.54) is 44.9 Å².